The molecule has 4 rings (SSSR count). The SMILES string of the molecule is Cc1cc(C)cc(CN2CCC3(CC2)CC(Nc2ncccn2)CO3)c1.O=C(O)C(F)(F)F. The maximum absolute atomic E-state index is 10.6. The second-order valence-electron chi connectivity index (χ2n) is 8.69. The van der Waals surface area contributed by atoms with Crippen LogP contribution in [0.5, 0.6) is 0 Å². The van der Waals surface area contributed by atoms with Crippen LogP contribution in [0, 0.1) is 13.8 Å². The van der Waals surface area contributed by atoms with Crippen molar-refractivity contribution in [2.45, 2.75) is 57.5 Å². The van der Waals surface area contributed by atoms with E-state index in [-0.39, 0.29) is 5.60 Å². The van der Waals surface area contributed by atoms with Crippen LogP contribution in [0.4, 0.5) is 19.1 Å². The lowest BCUT2D eigenvalue weighted by molar-refractivity contribution is -0.192. The minimum atomic E-state index is -5.08. The van der Waals surface area contributed by atoms with Crippen LogP contribution >= 0.6 is 0 Å². The maximum Gasteiger partial charge on any atom is 0.490 e. The molecule has 3 heterocycles. The van der Waals surface area contributed by atoms with E-state index in [9.17, 15) is 13.2 Å². The van der Waals surface area contributed by atoms with Crippen LogP contribution < -0.4 is 5.32 Å². The highest BCUT2D eigenvalue weighted by molar-refractivity contribution is 5.73. The predicted molar refractivity (Wildman–Crippen MR) is 117 cm³/mol. The molecule has 0 amide bonds. The first-order valence-electron chi connectivity index (χ1n) is 10.8. The zero-order valence-electron chi connectivity index (χ0n) is 18.7. The molecule has 1 aromatic heterocycles. The lowest BCUT2D eigenvalue weighted by Gasteiger charge is -2.38. The number of piperidine rings is 1. The molecule has 2 N–H and O–H groups in total. The van der Waals surface area contributed by atoms with Gasteiger partial charge in [0.15, 0.2) is 0 Å². The van der Waals surface area contributed by atoms with Crippen LogP contribution in [0.15, 0.2) is 36.7 Å². The van der Waals surface area contributed by atoms with Crippen molar-refractivity contribution >= 4 is 11.9 Å². The van der Waals surface area contributed by atoms with E-state index in [2.05, 4.69) is 52.2 Å². The molecule has 2 aliphatic heterocycles. The molecule has 7 nitrogen and oxygen atoms in total. The number of ether oxygens (including phenoxy) is 1. The number of hydrogen-bond acceptors (Lipinski definition) is 6. The number of alkyl halides is 3. The number of benzene rings is 1. The topological polar surface area (TPSA) is 87.6 Å². The number of carbonyl (C=O) groups is 1. The van der Waals surface area contributed by atoms with E-state index in [1.54, 1.807) is 12.4 Å². The number of hydrogen-bond donors (Lipinski definition) is 2. The average Bonchev–Trinajstić information content (AvgIpc) is 3.12. The minimum absolute atomic E-state index is 0.0332. The standard InChI is InChI=1S/C21H28N4O.C2HF3O2/c1-16-10-17(2)12-18(11-16)14-25-8-4-21(5-9-25)13-19(15-26-21)24-20-22-6-3-7-23-20;3-2(4,5)1(6)7/h3,6-7,10-12,19H,4-5,8-9,13-15H2,1-2H3,(H,22,23,24);(H,6,7). The Labute approximate surface area is 191 Å². The number of aryl methyl sites for hydroxylation is 2. The molecule has 1 spiro atoms. The molecule has 0 bridgehead atoms. The van der Waals surface area contributed by atoms with Crippen molar-refractivity contribution in [2.24, 2.45) is 0 Å². The van der Waals surface area contributed by atoms with Gasteiger partial charge < -0.3 is 15.2 Å². The van der Waals surface area contributed by atoms with Crippen LogP contribution in [-0.4, -0.2) is 63.5 Å². The zero-order chi connectivity index (χ0) is 24.1. The molecule has 2 aliphatic rings. The Kier molecular flexibility index (Phi) is 7.91. The number of rotatable bonds is 4. The van der Waals surface area contributed by atoms with Crippen molar-refractivity contribution in [1.82, 2.24) is 14.9 Å². The second kappa shape index (κ2) is 10.5. The highest BCUT2D eigenvalue weighted by Crippen LogP contribution is 2.37. The van der Waals surface area contributed by atoms with Crippen LogP contribution in [0.1, 0.15) is 36.0 Å². The van der Waals surface area contributed by atoms with E-state index in [1.165, 1.54) is 16.7 Å². The highest BCUT2D eigenvalue weighted by Gasteiger charge is 2.42. The number of nitrogens with one attached hydrogen (secondary N) is 1. The molecule has 2 fully saturated rings. The Bertz CT molecular complexity index is 912. The van der Waals surface area contributed by atoms with Gasteiger partial charge in [0.05, 0.1) is 18.2 Å². The monoisotopic (exact) mass is 466 g/mol. The summed E-state index contributed by atoms with van der Waals surface area (Å²) < 4.78 is 38.0. The molecule has 2 saturated heterocycles. The Balaban J connectivity index is 0.000000383. The highest BCUT2D eigenvalue weighted by atomic mass is 19.4. The number of likely N-dealkylation sites (tertiary alicyclic amines) is 1. The Morgan fingerprint density at radius 2 is 1.76 bits per heavy atom. The van der Waals surface area contributed by atoms with Crippen molar-refractivity contribution in [2.75, 3.05) is 25.0 Å². The third-order valence-electron chi connectivity index (χ3n) is 5.81. The summed E-state index contributed by atoms with van der Waals surface area (Å²) in [5.74, 6) is -2.06. The lowest BCUT2D eigenvalue weighted by atomic mass is 9.87. The zero-order valence-corrected chi connectivity index (χ0v) is 18.7. The van der Waals surface area contributed by atoms with Crippen molar-refractivity contribution in [3.63, 3.8) is 0 Å². The van der Waals surface area contributed by atoms with E-state index in [0.29, 0.717) is 12.0 Å². The normalized spacial score (nSPS) is 20.2. The molecule has 180 valence electrons. The number of carboxylic acids is 1. The van der Waals surface area contributed by atoms with Gasteiger partial charge in [-0.25, -0.2) is 14.8 Å². The van der Waals surface area contributed by atoms with Gasteiger partial charge in [-0.2, -0.15) is 13.2 Å². The van der Waals surface area contributed by atoms with Gasteiger partial charge in [0.2, 0.25) is 5.95 Å². The molecule has 1 unspecified atom stereocenters. The van der Waals surface area contributed by atoms with Gasteiger partial charge in [-0.3, -0.25) is 4.90 Å². The van der Waals surface area contributed by atoms with Crippen molar-refractivity contribution in [3.8, 4) is 0 Å². The summed E-state index contributed by atoms with van der Waals surface area (Å²) in [5.41, 5.74) is 4.16. The molecule has 10 heteroatoms. The fourth-order valence-corrected chi connectivity index (χ4v) is 4.38. The number of nitrogens with zero attached hydrogens (tertiary/aromatic N) is 3. The van der Waals surface area contributed by atoms with Gasteiger partial charge in [0.25, 0.3) is 0 Å². The van der Waals surface area contributed by atoms with Gasteiger partial charge in [-0.15, -0.1) is 0 Å². The minimum Gasteiger partial charge on any atom is -0.475 e. The van der Waals surface area contributed by atoms with Gasteiger partial charge in [-0.1, -0.05) is 29.3 Å². The van der Waals surface area contributed by atoms with Crippen molar-refractivity contribution in [3.05, 3.63) is 53.3 Å². The summed E-state index contributed by atoms with van der Waals surface area (Å²) in [5, 5.41) is 10.5. The second-order valence-corrected chi connectivity index (χ2v) is 8.69. The molecule has 1 aromatic carbocycles. The quantitative estimate of drug-likeness (QED) is 0.705. The fraction of sp³-hybridized carbons (Fsp3) is 0.522. The number of aliphatic carboxylic acids is 1. The summed E-state index contributed by atoms with van der Waals surface area (Å²) in [6.07, 6.45) is 1.71. The largest absolute Gasteiger partial charge is 0.490 e. The van der Waals surface area contributed by atoms with E-state index < -0.39 is 12.1 Å². The number of aromatic nitrogens is 2. The summed E-state index contributed by atoms with van der Waals surface area (Å²) in [6.45, 7) is 8.34. The molecule has 0 aliphatic carbocycles. The fourth-order valence-electron chi connectivity index (χ4n) is 4.38. The molecular weight excluding hydrogens is 437 g/mol. The summed E-state index contributed by atoms with van der Waals surface area (Å²) in [4.78, 5) is 20.0. The summed E-state index contributed by atoms with van der Waals surface area (Å²) in [6, 6.07) is 9.00. The number of halogens is 3. The first-order chi connectivity index (χ1) is 15.5. The van der Waals surface area contributed by atoms with Crippen molar-refractivity contribution < 1.29 is 27.8 Å². The summed E-state index contributed by atoms with van der Waals surface area (Å²) >= 11 is 0. The predicted octanol–water partition coefficient (Wildman–Crippen LogP) is 3.96. The summed E-state index contributed by atoms with van der Waals surface area (Å²) in [7, 11) is 0. The Morgan fingerprint density at radius 3 is 2.30 bits per heavy atom. The van der Waals surface area contributed by atoms with Crippen LogP contribution in [0.25, 0.3) is 0 Å². The third kappa shape index (κ3) is 7.40. The van der Waals surface area contributed by atoms with Gasteiger partial charge in [0.1, 0.15) is 0 Å². The lowest BCUT2D eigenvalue weighted by Crippen LogP contribution is -2.44. The molecule has 33 heavy (non-hydrogen) atoms. The molecule has 1 atom stereocenters. The number of anilines is 1. The smallest absolute Gasteiger partial charge is 0.475 e. The van der Waals surface area contributed by atoms with Crippen LogP contribution in [-0.2, 0) is 16.1 Å². The first kappa shape index (κ1) is 24.9. The van der Waals surface area contributed by atoms with Gasteiger partial charge >= 0.3 is 12.1 Å². The van der Waals surface area contributed by atoms with Crippen molar-refractivity contribution in [1.29, 1.82) is 0 Å². The number of carboxylic acid groups (broad SMARTS) is 1. The Morgan fingerprint density at radius 1 is 1.18 bits per heavy atom. The van der Waals surface area contributed by atoms with Gasteiger partial charge in [0, 0.05) is 32.0 Å². The third-order valence-corrected chi connectivity index (χ3v) is 5.81. The van der Waals surface area contributed by atoms with Gasteiger partial charge in [-0.05, 0) is 44.7 Å². The Hall–Kier alpha value is -2.72. The first-order valence-corrected chi connectivity index (χ1v) is 10.8. The molecule has 2 aromatic rings. The van der Waals surface area contributed by atoms with E-state index in [4.69, 9.17) is 14.6 Å². The van der Waals surface area contributed by atoms with Crippen LogP contribution in [0.3, 0.4) is 0 Å². The van der Waals surface area contributed by atoms with Crippen LogP contribution in [0.2, 0.25) is 0 Å². The van der Waals surface area contributed by atoms with E-state index in [0.717, 1.165) is 45.5 Å². The molecule has 0 radical (unpaired) electrons. The molecule has 0 saturated carbocycles. The average molecular weight is 467 g/mol. The molecular formula is C23H29F3N4O3. The maximum atomic E-state index is 10.6. The van der Waals surface area contributed by atoms with E-state index in [1.807, 2.05) is 6.07 Å². The van der Waals surface area contributed by atoms with E-state index >= 15 is 0 Å².